The molecule has 0 aromatic carbocycles. The van der Waals surface area contributed by atoms with Gasteiger partial charge in [0, 0.05) is 12.4 Å². The number of β-lactam (4-membered cyclic amide) rings is 1. The third-order valence-electron chi connectivity index (χ3n) is 2.75. The number of aromatic nitrogens is 1. The summed E-state index contributed by atoms with van der Waals surface area (Å²) in [5, 5.41) is 12.0. The minimum Gasteiger partial charge on any atom is -0.543 e. The first-order chi connectivity index (χ1) is 8.68. The largest absolute Gasteiger partial charge is 1.00 e. The second-order valence-corrected chi connectivity index (χ2v) is 4.79. The summed E-state index contributed by atoms with van der Waals surface area (Å²) in [5.41, 5.74) is 1.35. The SMILES string of the molecule is O=C([O-])C1=CS[C@@H]2C(=Cc3cccnc3)C(=O)N12.[Na+]. The first-order valence-electron chi connectivity index (χ1n) is 5.20. The minimum absolute atomic E-state index is 0. The van der Waals surface area contributed by atoms with Gasteiger partial charge in [-0.25, -0.2) is 0 Å². The zero-order chi connectivity index (χ0) is 12.7. The first-order valence-corrected chi connectivity index (χ1v) is 6.15. The van der Waals surface area contributed by atoms with E-state index in [4.69, 9.17) is 0 Å². The minimum atomic E-state index is -1.32. The van der Waals surface area contributed by atoms with E-state index < -0.39 is 5.97 Å². The number of carboxylic acid groups (broad SMARTS) is 1. The fourth-order valence-corrected chi connectivity index (χ4v) is 3.01. The monoisotopic (exact) mass is 282 g/mol. The van der Waals surface area contributed by atoms with Crippen LogP contribution >= 0.6 is 11.8 Å². The third-order valence-corrected chi connectivity index (χ3v) is 3.83. The average molecular weight is 282 g/mol. The maximum Gasteiger partial charge on any atom is 1.00 e. The van der Waals surface area contributed by atoms with Crippen LogP contribution in [0.15, 0.2) is 41.2 Å². The van der Waals surface area contributed by atoms with E-state index in [0.717, 1.165) is 5.56 Å². The molecule has 0 bridgehead atoms. The molecule has 1 fully saturated rings. The summed E-state index contributed by atoms with van der Waals surface area (Å²) in [5.74, 6) is -1.61. The van der Waals surface area contributed by atoms with Crippen molar-refractivity contribution in [2.45, 2.75) is 5.37 Å². The van der Waals surface area contributed by atoms with E-state index in [-0.39, 0.29) is 46.5 Å². The molecule has 2 aliphatic heterocycles. The second kappa shape index (κ2) is 5.50. The number of carbonyl (C=O) groups is 2. The number of nitrogens with zero attached hydrogens (tertiary/aromatic N) is 2. The molecule has 1 saturated heterocycles. The molecule has 19 heavy (non-hydrogen) atoms. The topological polar surface area (TPSA) is 73.3 Å². The van der Waals surface area contributed by atoms with Crippen LogP contribution < -0.4 is 34.7 Å². The second-order valence-electron chi connectivity index (χ2n) is 3.84. The Hall–Kier alpha value is -1.08. The Kier molecular flexibility index (Phi) is 4.15. The van der Waals surface area contributed by atoms with E-state index in [1.165, 1.54) is 22.1 Å². The van der Waals surface area contributed by atoms with Crippen LogP contribution in [0.5, 0.6) is 0 Å². The molecule has 90 valence electrons. The van der Waals surface area contributed by atoms with Gasteiger partial charge in [-0.15, -0.1) is 11.8 Å². The zero-order valence-electron chi connectivity index (χ0n) is 10.1. The fraction of sp³-hybridized carbons (Fsp3) is 0.0833. The van der Waals surface area contributed by atoms with Crippen LogP contribution in [0.25, 0.3) is 6.08 Å². The molecule has 1 aromatic rings. The van der Waals surface area contributed by atoms with E-state index in [0.29, 0.717) is 5.57 Å². The quantitative estimate of drug-likeness (QED) is 0.328. The van der Waals surface area contributed by atoms with Gasteiger partial charge in [0.25, 0.3) is 5.91 Å². The molecular weight excluding hydrogens is 275 g/mol. The van der Waals surface area contributed by atoms with Gasteiger partial charge in [-0.3, -0.25) is 14.7 Å². The molecule has 0 aliphatic carbocycles. The predicted molar refractivity (Wildman–Crippen MR) is 63.5 cm³/mol. The number of rotatable bonds is 2. The molecule has 1 atom stereocenters. The van der Waals surface area contributed by atoms with Gasteiger partial charge < -0.3 is 9.90 Å². The van der Waals surface area contributed by atoms with Crippen molar-refractivity contribution in [1.29, 1.82) is 0 Å². The Labute approximate surface area is 135 Å². The van der Waals surface area contributed by atoms with Crippen molar-refractivity contribution in [1.82, 2.24) is 9.88 Å². The predicted octanol–water partition coefficient (Wildman–Crippen LogP) is -3.02. The number of carboxylic acids is 1. The Morgan fingerprint density at radius 3 is 2.95 bits per heavy atom. The molecule has 0 N–H and O–H groups in total. The number of thioether (sulfide) groups is 1. The molecule has 0 spiro atoms. The summed E-state index contributed by atoms with van der Waals surface area (Å²) in [6.07, 6.45) is 5.03. The van der Waals surface area contributed by atoms with Crippen LogP contribution in [-0.2, 0) is 9.59 Å². The van der Waals surface area contributed by atoms with Gasteiger partial charge in [0.05, 0.1) is 17.2 Å². The van der Waals surface area contributed by atoms with Gasteiger partial charge in [-0.2, -0.15) is 0 Å². The number of aliphatic carboxylic acids is 1. The van der Waals surface area contributed by atoms with Crippen molar-refractivity contribution in [3.05, 3.63) is 46.8 Å². The van der Waals surface area contributed by atoms with Crippen molar-refractivity contribution >= 4 is 29.7 Å². The van der Waals surface area contributed by atoms with Crippen molar-refractivity contribution in [2.75, 3.05) is 0 Å². The molecule has 3 heterocycles. The standard InChI is InChI=1S/C12H8N2O3S.Na/c15-10-8(4-7-2-1-3-13-5-7)11-14(10)9(6-18-11)12(16)17;/h1-6,11H,(H,16,17);/q;+1/p-1/t11-;/m1./s1. The van der Waals surface area contributed by atoms with Gasteiger partial charge in [-0.05, 0) is 23.1 Å². The Bertz CT molecular complexity index is 600. The maximum absolute atomic E-state index is 11.9. The fourth-order valence-electron chi connectivity index (χ4n) is 1.90. The average Bonchev–Trinajstić information content (AvgIpc) is 2.77. The molecule has 1 amide bonds. The molecule has 7 heteroatoms. The van der Waals surface area contributed by atoms with Crippen LogP contribution in [0.3, 0.4) is 0 Å². The molecule has 0 unspecified atom stereocenters. The summed E-state index contributed by atoms with van der Waals surface area (Å²) in [6, 6.07) is 3.61. The van der Waals surface area contributed by atoms with Crippen molar-refractivity contribution < 1.29 is 44.3 Å². The van der Waals surface area contributed by atoms with Crippen LogP contribution in [0.4, 0.5) is 0 Å². The van der Waals surface area contributed by atoms with E-state index in [1.54, 1.807) is 24.5 Å². The molecule has 2 aliphatic rings. The molecule has 1 aromatic heterocycles. The molecular formula is C12H7N2NaO3S. The van der Waals surface area contributed by atoms with Gasteiger partial charge in [-0.1, -0.05) is 6.07 Å². The first kappa shape index (κ1) is 14.3. The van der Waals surface area contributed by atoms with Crippen LogP contribution in [-0.4, -0.2) is 27.1 Å². The number of pyridine rings is 1. The number of hydrogen-bond acceptors (Lipinski definition) is 5. The Morgan fingerprint density at radius 2 is 2.32 bits per heavy atom. The number of amides is 1. The van der Waals surface area contributed by atoms with Crippen molar-refractivity contribution in [2.24, 2.45) is 0 Å². The molecule has 3 rings (SSSR count). The van der Waals surface area contributed by atoms with Crippen LogP contribution in [0, 0.1) is 0 Å². The normalized spacial score (nSPS) is 22.4. The van der Waals surface area contributed by atoms with Gasteiger partial charge in [0.1, 0.15) is 5.37 Å². The van der Waals surface area contributed by atoms with E-state index in [9.17, 15) is 14.7 Å². The summed E-state index contributed by atoms with van der Waals surface area (Å²) < 4.78 is 0. The number of carbonyl (C=O) groups excluding carboxylic acids is 2. The summed E-state index contributed by atoms with van der Waals surface area (Å²) in [6.45, 7) is 0. The number of fused-ring (bicyclic) bond motifs is 1. The summed E-state index contributed by atoms with van der Waals surface area (Å²) >= 11 is 1.29. The Morgan fingerprint density at radius 1 is 1.53 bits per heavy atom. The smallest absolute Gasteiger partial charge is 0.543 e. The molecule has 5 nitrogen and oxygen atoms in total. The summed E-state index contributed by atoms with van der Waals surface area (Å²) in [4.78, 5) is 27.8. The van der Waals surface area contributed by atoms with Gasteiger partial charge >= 0.3 is 29.6 Å². The van der Waals surface area contributed by atoms with E-state index in [1.807, 2.05) is 6.07 Å². The Balaban J connectivity index is 0.00000133. The van der Waals surface area contributed by atoms with E-state index >= 15 is 0 Å². The summed E-state index contributed by atoms with van der Waals surface area (Å²) in [7, 11) is 0. The van der Waals surface area contributed by atoms with Crippen LogP contribution in [0.2, 0.25) is 0 Å². The maximum atomic E-state index is 11.9. The van der Waals surface area contributed by atoms with Gasteiger partial charge in [0.2, 0.25) is 0 Å². The molecule has 0 saturated carbocycles. The van der Waals surface area contributed by atoms with Crippen LogP contribution in [0.1, 0.15) is 5.56 Å². The zero-order valence-corrected chi connectivity index (χ0v) is 12.9. The third kappa shape index (κ3) is 2.36. The van der Waals surface area contributed by atoms with E-state index in [2.05, 4.69) is 4.98 Å². The van der Waals surface area contributed by atoms with Crippen molar-refractivity contribution in [3.63, 3.8) is 0 Å². The number of hydrogen-bond donors (Lipinski definition) is 0. The molecule has 0 radical (unpaired) electrons. The van der Waals surface area contributed by atoms with Crippen molar-refractivity contribution in [3.8, 4) is 0 Å². The van der Waals surface area contributed by atoms with Gasteiger partial charge in [0.15, 0.2) is 0 Å².